The van der Waals surface area contributed by atoms with Gasteiger partial charge in [-0.3, -0.25) is 19.3 Å². The molecule has 0 atom stereocenters. The number of aliphatic hydroxyl groups is 1. The molecule has 0 aromatic carbocycles. The Morgan fingerprint density at radius 2 is 0.803 bits per heavy atom. The smallest absolute Gasteiger partial charge is 0.307 e. The fourth-order valence-electron chi connectivity index (χ4n) is 7.63. The maximum atomic E-state index is 12.4. The van der Waals surface area contributed by atoms with Crippen molar-refractivity contribution >= 4 is 17.8 Å². The van der Waals surface area contributed by atoms with Gasteiger partial charge in [-0.15, -0.1) is 0 Å². The van der Waals surface area contributed by atoms with Crippen LogP contribution < -0.4 is 16.0 Å². The number of esters is 1. The highest BCUT2D eigenvalue weighted by Gasteiger charge is 2.12. The van der Waals surface area contributed by atoms with Gasteiger partial charge >= 0.3 is 5.97 Å². The number of carbonyl (C=O) groups excluding carboxylic acids is 3. The second-order valence-corrected chi connectivity index (χ2v) is 18.3. The minimum atomic E-state index is -0.174. The largest absolute Gasteiger partial charge is 0.466 e. The third kappa shape index (κ3) is 60.2. The van der Waals surface area contributed by atoms with E-state index >= 15 is 0 Å². The molecule has 0 saturated carbocycles. The van der Waals surface area contributed by atoms with Gasteiger partial charge in [0.2, 0.25) is 11.8 Å². The van der Waals surface area contributed by atoms with Gasteiger partial charge < -0.3 is 35.3 Å². The van der Waals surface area contributed by atoms with Gasteiger partial charge in [0.25, 0.3) is 0 Å². The normalized spacial score (nSPS) is 11.0. The first-order valence-corrected chi connectivity index (χ1v) is 27.8. The van der Waals surface area contributed by atoms with Crippen LogP contribution in [0.3, 0.4) is 0 Å². The Hall–Kier alpha value is -1.79. The number of ether oxygens (including phenoxy) is 3. The molecule has 0 unspecified atom stereocenters. The molecule has 0 bridgehead atoms. The van der Waals surface area contributed by atoms with E-state index in [4.69, 9.17) is 19.3 Å². The standard InChI is InChI=1S/C34H68N2O5.C20H42N2O2.CH4/c1-3-5-7-9-11-13-15-17-19-21-25-35-33(38)23-26-36(28-31-40-32-29-37)27-24-34(39)41-30-22-20-18-16-14-12-10-8-6-4-2;1-3-5-6-7-8-9-10-11-12-13-15-22-20(23)14-16-21-17-19-24-18-4-2;/h37H,3-32H2,1-2H3,(H,35,38);21H,3-19H2,1-2H3,(H,22,23);1H4. The molecule has 0 aliphatic rings. The second kappa shape index (κ2) is 61.2. The lowest BCUT2D eigenvalue weighted by molar-refractivity contribution is -0.144. The maximum Gasteiger partial charge on any atom is 0.307 e. The molecule has 0 rings (SSSR count). The van der Waals surface area contributed by atoms with Crippen molar-refractivity contribution in [1.29, 1.82) is 0 Å². The molecule has 0 fully saturated rings. The van der Waals surface area contributed by atoms with E-state index in [2.05, 4.69) is 48.5 Å². The Bertz CT molecular complexity index is 918. The monoisotopic (exact) mass is 943 g/mol. The average molecular weight is 944 g/mol. The summed E-state index contributed by atoms with van der Waals surface area (Å²) in [5.74, 6) is 0.0475. The average Bonchev–Trinajstić information content (AvgIpc) is 3.31. The quantitative estimate of drug-likeness (QED) is 0.0347. The summed E-state index contributed by atoms with van der Waals surface area (Å²) in [6, 6.07) is 0. The van der Waals surface area contributed by atoms with E-state index in [1.807, 2.05) is 0 Å². The minimum absolute atomic E-state index is 0. The first-order chi connectivity index (χ1) is 31.9. The van der Waals surface area contributed by atoms with Crippen molar-refractivity contribution in [3.05, 3.63) is 0 Å². The highest BCUT2D eigenvalue weighted by molar-refractivity contribution is 5.76. The number of aliphatic hydroxyl groups excluding tert-OH is 1. The summed E-state index contributed by atoms with van der Waals surface area (Å²) in [5.41, 5.74) is 0. The Morgan fingerprint density at radius 3 is 1.26 bits per heavy atom. The van der Waals surface area contributed by atoms with Crippen LogP contribution in [0.5, 0.6) is 0 Å². The van der Waals surface area contributed by atoms with Crippen LogP contribution in [0.2, 0.25) is 0 Å². The van der Waals surface area contributed by atoms with Crippen LogP contribution in [0.15, 0.2) is 0 Å². The fraction of sp³-hybridized carbons (Fsp3) is 0.945. The van der Waals surface area contributed by atoms with Gasteiger partial charge in [0.05, 0.1) is 39.5 Å². The molecule has 0 aliphatic heterocycles. The SMILES string of the molecule is C.CCCCCCCCCCCCNC(=O)CCN(CCOCCO)CCC(=O)OCCCCCCCCCCCC.CCCCCCCCCCCCNC(=O)CCNCCOCCC. The van der Waals surface area contributed by atoms with Crippen LogP contribution in [0.4, 0.5) is 0 Å². The van der Waals surface area contributed by atoms with Crippen molar-refractivity contribution in [1.82, 2.24) is 20.9 Å². The number of carbonyl (C=O) groups is 3. The number of hydrogen-bond donors (Lipinski definition) is 4. The molecule has 0 spiro atoms. The number of amides is 2. The van der Waals surface area contributed by atoms with Crippen LogP contribution >= 0.6 is 0 Å². The van der Waals surface area contributed by atoms with Crippen LogP contribution in [-0.4, -0.2) is 113 Å². The zero-order valence-corrected chi connectivity index (χ0v) is 43.6. The zero-order chi connectivity index (χ0) is 47.8. The van der Waals surface area contributed by atoms with Gasteiger partial charge in [0.15, 0.2) is 0 Å². The second-order valence-electron chi connectivity index (χ2n) is 18.3. The Labute approximate surface area is 409 Å². The maximum absolute atomic E-state index is 12.4. The van der Waals surface area contributed by atoms with Crippen molar-refractivity contribution < 1.29 is 33.7 Å². The van der Waals surface area contributed by atoms with Gasteiger partial charge in [-0.1, -0.05) is 208 Å². The van der Waals surface area contributed by atoms with Gasteiger partial charge in [-0.25, -0.2) is 0 Å². The van der Waals surface area contributed by atoms with Crippen molar-refractivity contribution in [2.45, 2.75) is 253 Å². The lowest BCUT2D eigenvalue weighted by Crippen LogP contribution is -2.35. The van der Waals surface area contributed by atoms with E-state index in [1.54, 1.807) is 0 Å². The van der Waals surface area contributed by atoms with Crippen LogP contribution in [0.25, 0.3) is 0 Å². The molecule has 0 aliphatic carbocycles. The molecule has 0 aromatic heterocycles. The molecule has 2 amide bonds. The highest BCUT2D eigenvalue weighted by atomic mass is 16.5. The van der Waals surface area contributed by atoms with E-state index < -0.39 is 0 Å². The molecule has 396 valence electrons. The summed E-state index contributed by atoms with van der Waals surface area (Å²) in [6.07, 6.45) is 41.1. The predicted octanol–water partition coefficient (Wildman–Crippen LogP) is 12.6. The number of hydrogen-bond acceptors (Lipinski definition) is 9. The van der Waals surface area contributed by atoms with Gasteiger partial charge in [-0.05, 0) is 25.7 Å². The van der Waals surface area contributed by atoms with Crippen molar-refractivity contribution in [2.75, 3.05) is 85.5 Å². The minimum Gasteiger partial charge on any atom is -0.466 e. The molecular weight excluding hydrogens is 829 g/mol. The Balaban J connectivity index is -0.00000135. The molecule has 4 N–H and O–H groups in total. The van der Waals surface area contributed by atoms with Gasteiger partial charge in [-0.2, -0.15) is 0 Å². The fourth-order valence-corrected chi connectivity index (χ4v) is 7.63. The number of nitrogens with one attached hydrogen (secondary N) is 3. The third-order valence-corrected chi connectivity index (χ3v) is 11.8. The van der Waals surface area contributed by atoms with E-state index in [0.29, 0.717) is 58.7 Å². The molecule has 11 nitrogen and oxygen atoms in total. The van der Waals surface area contributed by atoms with Crippen LogP contribution in [0.1, 0.15) is 253 Å². The summed E-state index contributed by atoms with van der Waals surface area (Å²) in [6.45, 7) is 16.6. The van der Waals surface area contributed by atoms with E-state index in [9.17, 15) is 14.4 Å². The Morgan fingerprint density at radius 1 is 0.394 bits per heavy atom. The molecule has 11 heteroatoms. The molecular formula is C55H114N4O7. The molecule has 0 heterocycles. The summed E-state index contributed by atoms with van der Waals surface area (Å²) in [5, 5.41) is 18.2. The molecule has 0 saturated heterocycles. The molecule has 0 aromatic rings. The van der Waals surface area contributed by atoms with Crippen LogP contribution in [0, 0.1) is 0 Å². The molecule has 0 radical (unpaired) electrons. The number of unbranched alkanes of at least 4 members (excludes halogenated alkanes) is 27. The van der Waals surface area contributed by atoms with Crippen molar-refractivity contribution in [3.8, 4) is 0 Å². The highest BCUT2D eigenvalue weighted by Crippen LogP contribution is 2.13. The summed E-state index contributed by atoms with van der Waals surface area (Å²) in [4.78, 5) is 38.4. The summed E-state index contributed by atoms with van der Waals surface area (Å²) >= 11 is 0. The number of nitrogens with zero attached hydrogens (tertiary/aromatic N) is 1. The first-order valence-electron chi connectivity index (χ1n) is 27.8. The van der Waals surface area contributed by atoms with Crippen molar-refractivity contribution in [2.24, 2.45) is 0 Å². The molecule has 66 heavy (non-hydrogen) atoms. The zero-order valence-electron chi connectivity index (χ0n) is 43.6. The van der Waals surface area contributed by atoms with E-state index in [1.165, 1.54) is 167 Å². The van der Waals surface area contributed by atoms with E-state index in [-0.39, 0.29) is 31.8 Å². The Kier molecular flexibility index (Phi) is 63.5. The van der Waals surface area contributed by atoms with Gasteiger partial charge in [0.1, 0.15) is 0 Å². The van der Waals surface area contributed by atoms with Gasteiger partial charge in [0, 0.05) is 65.3 Å². The topological polar surface area (TPSA) is 138 Å². The first kappa shape index (κ1) is 68.5. The van der Waals surface area contributed by atoms with Crippen LogP contribution in [-0.2, 0) is 28.6 Å². The summed E-state index contributed by atoms with van der Waals surface area (Å²) in [7, 11) is 0. The lowest BCUT2D eigenvalue weighted by Gasteiger charge is -2.21. The summed E-state index contributed by atoms with van der Waals surface area (Å²) < 4.78 is 16.2. The lowest BCUT2D eigenvalue weighted by atomic mass is 10.1. The third-order valence-electron chi connectivity index (χ3n) is 11.8. The van der Waals surface area contributed by atoms with E-state index in [0.717, 1.165) is 71.5 Å². The predicted molar refractivity (Wildman–Crippen MR) is 281 cm³/mol. The van der Waals surface area contributed by atoms with Crippen molar-refractivity contribution in [3.63, 3.8) is 0 Å². The number of rotatable bonds is 52.